The van der Waals surface area contributed by atoms with Crippen LogP contribution in [-0.2, 0) is 0 Å². The number of Topliss-reactive ketones (excluding diaryl/α,β-unsaturated/α-hetero) is 1. The molecule has 100 valence electrons. The summed E-state index contributed by atoms with van der Waals surface area (Å²) in [4.78, 5) is 11.9. The molecule has 0 saturated carbocycles. The third-order valence-corrected chi connectivity index (χ3v) is 3.23. The number of halogens is 4. The zero-order valence-electron chi connectivity index (χ0n) is 9.55. The maximum absolute atomic E-state index is 12.1. The molecule has 0 heterocycles. The van der Waals surface area contributed by atoms with Crippen molar-refractivity contribution in [3.63, 3.8) is 0 Å². The summed E-state index contributed by atoms with van der Waals surface area (Å²) in [5.41, 5.74) is 0.376. The van der Waals surface area contributed by atoms with Crippen molar-refractivity contribution >= 4 is 33.5 Å². The van der Waals surface area contributed by atoms with E-state index in [1.165, 1.54) is 23.9 Å². The van der Waals surface area contributed by atoms with Crippen LogP contribution in [0.2, 0.25) is 0 Å². The van der Waals surface area contributed by atoms with Gasteiger partial charge in [-0.25, -0.2) is 0 Å². The molecule has 0 bridgehead atoms. The number of thioether (sulfide) groups is 1. The van der Waals surface area contributed by atoms with Gasteiger partial charge in [-0.3, -0.25) is 4.79 Å². The average molecular weight is 343 g/mol. The van der Waals surface area contributed by atoms with Crippen LogP contribution in [-0.4, -0.2) is 23.2 Å². The van der Waals surface area contributed by atoms with Crippen molar-refractivity contribution in [2.24, 2.45) is 0 Å². The van der Waals surface area contributed by atoms with Crippen molar-refractivity contribution in [3.8, 4) is 5.75 Å². The lowest BCUT2D eigenvalue weighted by Gasteiger charge is -2.12. The lowest BCUT2D eigenvalue weighted by molar-refractivity contribution is -0.274. The molecular weight excluding hydrogens is 333 g/mol. The van der Waals surface area contributed by atoms with Gasteiger partial charge in [-0.05, 0) is 31.4 Å². The van der Waals surface area contributed by atoms with Crippen molar-refractivity contribution in [1.82, 2.24) is 0 Å². The molecule has 0 aliphatic heterocycles. The van der Waals surface area contributed by atoms with E-state index >= 15 is 0 Å². The molecule has 0 aromatic heterocycles. The minimum Gasteiger partial charge on any atom is -0.406 e. The van der Waals surface area contributed by atoms with Crippen molar-refractivity contribution in [3.05, 3.63) is 23.8 Å². The van der Waals surface area contributed by atoms with Crippen molar-refractivity contribution in [2.75, 3.05) is 6.26 Å². The van der Waals surface area contributed by atoms with Crippen molar-refractivity contribution in [2.45, 2.75) is 23.0 Å². The average Bonchev–Trinajstić information content (AvgIpc) is 2.25. The van der Waals surface area contributed by atoms with Crippen LogP contribution < -0.4 is 4.74 Å². The quantitative estimate of drug-likeness (QED) is 0.464. The first-order chi connectivity index (χ1) is 8.24. The normalized spacial score (nSPS) is 13.2. The van der Waals surface area contributed by atoms with Crippen LogP contribution in [0.1, 0.15) is 17.3 Å². The molecule has 0 radical (unpaired) electrons. The smallest absolute Gasteiger partial charge is 0.406 e. The van der Waals surface area contributed by atoms with Crippen LogP contribution in [0.15, 0.2) is 23.1 Å². The van der Waals surface area contributed by atoms with E-state index < -0.39 is 11.2 Å². The number of ketones is 1. The molecule has 1 rings (SSSR count). The third-order valence-electron chi connectivity index (χ3n) is 2.03. The largest absolute Gasteiger partial charge is 0.573 e. The van der Waals surface area contributed by atoms with Gasteiger partial charge in [0.05, 0.1) is 4.83 Å². The van der Waals surface area contributed by atoms with Gasteiger partial charge < -0.3 is 4.74 Å². The molecule has 0 saturated heterocycles. The zero-order valence-corrected chi connectivity index (χ0v) is 11.9. The van der Waals surface area contributed by atoms with Gasteiger partial charge in [0.25, 0.3) is 0 Å². The standard InChI is InChI=1S/C11H10BrF3O2S/c1-6(12)10(16)8-4-3-7(5-9(8)18-2)17-11(13,14)15/h3-6H,1-2H3. The summed E-state index contributed by atoms with van der Waals surface area (Å²) in [5.74, 6) is -0.511. The van der Waals surface area contributed by atoms with E-state index in [-0.39, 0.29) is 11.5 Å². The number of rotatable bonds is 4. The second-order valence-corrected chi connectivity index (χ2v) is 5.61. The monoisotopic (exact) mass is 342 g/mol. The molecule has 1 unspecified atom stereocenters. The molecule has 1 aromatic carbocycles. The molecule has 2 nitrogen and oxygen atoms in total. The summed E-state index contributed by atoms with van der Waals surface area (Å²) in [6, 6.07) is 3.68. The van der Waals surface area contributed by atoms with E-state index in [0.29, 0.717) is 10.5 Å². The Labute approximate surface area is 115 Å². The molecule has 0 amide bonds. The summed E-state index contributed by atoms with van der Waals surface area (Å²) < 4.78 is 40.0. The zero-order chi connectivity index (χ0) is 13.9. The molecule has 0 aliphatic carbocycles. The first-order valence-corrected chi connectivity index (χ1v) is 7.00. The maximum Gasteiger partial charge on any atom is 0.573 e. The van der Waals surface area contributed by atoms with E-state index in [4.69, 9.17) is 0 Å². The lowest BCUT2D eigenvalue weighted by Crippen LogP contribution is -2.17. The highest BCUT2D eigenvalue weighted by molar-refractivity contribution is 9.10. The molecule has 0 spiro atoms. The molecular formula is C11H10BrF3O2S. The fourth-order valence-corrected chi connectivity index (χ4v) is 2.16. The Morgan fingerprint density at radius 1 is 1.44 bits per heavy atom. The van der Waals surface area contributed by atoms with Crippen molar-refractivity contribution < 1.29 is 22.7 Å². The van der Waals surface area contributed by atoms with Crippen LogP contribution in [0.25, 0.3) is 0 Å². The third kappa shape index (κ3) is 4.20. The number of ether oxygens (including phenoxy) is 1. The number of hydrogen-bond donors (Lipinski definition) is 0. The minimum absolute atomic E-state index is 0.182. The van der Waals surface area contributed by atoms with Crippen LogP contribution in [0.4, 0.5) is 13.2 Å². The van der Waals surface area contributed by atoms with Crippen LogP contribution in [0.5, 0.6) is 5.75 Å². The number of hydrogen-bond acceptors (Lipinski definition) is 3. The fourth-order valence-electron chi connectivity index (χ4n) is 1.29. The van der Waals surface area contributed by atoms with Gasteiger partial charge in [0.2, 0.25) is 0 Å². The van der Waals surface area contributed by atoms with Gasteiger partial charge in [0.1, 0.15) is 5.75 Å². The second-order valence-electron chi connectivity index (χ2n) is 3.39. The fraction of sp³-hybridized carbons (Fsp3) is 0.364. The van der Waals surface area contributed by atoms with Gasteiger partial charge in [-0.15, -0.1) is 24.9 Å². The topological polar surface area (TPSA) is 26.3 Å². The summed E-state index contributed by atoms with van der Waals surface area (Å²) in [6.07, 6.45) is -3.05. The predicted molar refractivity (Wildman–Crippen MR) is 67.6 cm³/mol. The number of benzene rings is 1. The number of alkyl halides is 4. The maximum atomic E-state index is 12.1. The molecule has 1 aromatic rings. The Kier molecular flexibility index (Phi) is 5.10. The Balaban J connectivity index is 3.08. The van der Waals surface area contributed by atoms with Gasteiger partial charge in [0.15, 0.2) is 5.78 Å². The molecule has 18 heavy (non-hydrogen) atoms. The highest BCUT2D eigenvalue weighted by atomic mass is 79.9. The Hall–Kier alpha value is -0.690. The van der Waals surface area contributed by atoms with Gasteiger partial charge in [-0.1, -0.05) is 15.9 Å². The Morgan fingerprint density at radius 2 is 2.06 bits per heavy atom. The predicted octanol–water partition coefficient (Wildman–Crippen LogP) is 4.27. The summed E-state index contributed by atoms with van der Waals surface area (Å²) in [5, 5.41) is 0. The molecule has 7 heteroatoms. The first kappa shape index (κ1) is 15.4. The molecule has 1 atom stereocenters. The number of carbonyl (C=O) groups is 1. The van der Waals surface area contributed by atoms with Crippen LogP contribution >= 0.6 is 27.7 Å². The van der Waals surface area contributed by atoms with Gasteiger partial charge in [0, 0.05) is 10.5 Å². The second kappa shape index (κ2) is 5.97. The summed E-state index contributed by atoms with van der Waals surface area (Å²) in [6.45, 7) is 1.66. The SMILES string of the molecule is CSc1cc(OC(F)(F)F)ccc1C(=O)C(C)Br. The van der Waals surface area contributed by atoms with Crippen LogP contribution in [0, 0.1) is 0 Å². The van der Waals surface area contributed by atoms with E-state index in [9.17, 15) is 18.0 Å². The van der Waals surface area contributed by atoms with E-state index in [1.807, 2.05) is 0 Å². The molecule has 0 fully saturated rings. The Bertz CT molecular complexity index is 446. The molecule has 0 N–H and O–H groups in total. The number of carbonyl (C=O) groups excluding carboxylic acids is 1. The van der Waals surface area contributed by atoms with Crippen LogP contribution in [0.3, 0.4) is 0 Å². The van der Waals surface area contributed by atoms with Gasteiger partial charge in [-0.2, -0.15) is 0 Å². The first-order valence-electron chi connectivity index (χ1n) is 4.86. The highest BCUT2D eigenvalue weighted by Crippen LogP contribution is 2.30. The Morgan fingerprint density at radius 3 is 2.50 bits per heavy atom. The summed E-state index contributed by atoms with van der Waals surface area (Å²) >= 11 is 4.33. The highest BCUT2D eigenvalue weighted by Gasteiger charge is 2.31. The summed E-state index contributed by atoms with van der Waals surface area (Å²) in [7, 11) is 0. The minimum atomic E-state index is -4.73. The lowest BCUT2D eigenvalue weighted by atomic mass is 10.1. The van der Waals surface area contributed by atoms with E-state index in [0.717, 1.165) is 6.07 Å². The molecule has 0 aliphatic rings. The van der Waals surface area contributed by atoms with Crippen molar-refractivity contribution in [1.29, 1.82) is 0 Å². The van der Waals surface area contributed by atoms with E-state index in [2.05, 4.69) is 20.7 Å². The van der Waals surface area contributed by atoms with Gasteiger partial charge >= 0.3 is 6.36 Å². The van der Waals surface area contributed by atoms with E-state index in [1.54, 1.807) is 13.2 Å².